The average Bonchev–Trinajstić information content (AvgIpc) is 2.48. The molecule has 2 aromatic carbocycles. The molecule has 1 radical (unpaired) electrons. The molecule has 0 aliphatic carbocycles. The minimum atomic E-state index is -6.11. The molecule has 0 heterocycles. The van der Waals surface area contributed by atoms with Gasteiger partial charge in [-0.25, -0.2) is 0 Å². The van der Waals surface area contributed by atoms with Crippen LogP contribution in [0.2, 0.25) is 0 Å². The Morgan fingerprint density at radius 1 is 0.581 bits per heavy atom. The Kier molecular flexibility index (Phi) is 5.74. The lowest BCUT2D eigenvalue weighted by molar-refractivity contribution is 0.428. The fourth-order valence-corrected chi connectivity index (χ4v) is 7.19. The average molecular weight is 543 g/mol. The third kappa shape index (κ3) is 4.64. The highest BCUT2D eigenvalue weighted by atomic mass is 32.2. The van der Waals surface area contributed by atoms with Crippen LogP contribution in [0, 0.1) is 6.07 Å². The van der Waals surface area contributed by atoms with Crippen molar-refractivity contribution in [3.8, 4) is 5.75 Å². The first-order valence-corrected chi connectivity index (χ1v) is 13.9. The Bertz CT molecular complexity index is 1680. The van der Waals surface area contributed by atoms with Gasteiger partial charge in [-0.2, -0.15) is 42.1 Å². The van der Waals surface area contributed by atoms with E-state index in [0.29, 0.717) is 0 Å². The number of phenols is 1. The van der Waals surface area contributed by atoms with E-state index in [4.69, 9.17) is 4.55 Å². The van der Waals surface area contributed by atoms with Crippen LogP contribution in [-0.4, -0.2) is 70.0 Å². The summed E-state index contributed by atoms with van der Waals surface area (Å²) in [5, 5.41) is 6.84. The molecule has 0 atom stereocenters. The van der Waals surface area contributed by atoms with Crippen molar-refractivity contribution in [3.05, 3.63) is 12.1 Å². The molecule has 0 saturated heterocycles. The number of benzene rings is 2. The number of fused-ring (bicyclic) bond motifs is 1. The van der Waals surface area contributed by atoms with Crippen molar-refractivity contribution in [2.24, 2.45) is 0 Å². The first kappa shape index (κ1) is 25.3. The maximum absolute atomic E-state index is 11.8. The van der Waals surface area contributed by atoms with Crippen molar-refractivity contribution in [2.75, 3.05) is 0 Å². The van der Waals surface area contributed by atoms with Crippen LogP contribution in [0.3, 0.4) is 0 Å². The van der Waals surface area contributed by atoms with Crippen molar-refractivity contribution in [1.82, 2.24) is 0 Å². The Morgan fingerprint density at radius 2 is 1.00 bits per heavy atom. The maximum Gasteiger partial charge on any atom is 0.299 e. The van der Waals surface area contributed by atoms with E-state index in [1.54, 1.807) is 0 Å². The second-order valence-electron chi connectivity index (χ2n) is 5.46. The molecule has 0 bridgehead atoms. The summed E-state index contributed by atoms with van der Waals surface area (Å²) in [6, 6.07) is 1.23. The SMILES string of the molecule is O=S(=O)(O)c1[c]c(S(=O)(=O)O)c2c(O)c(S(=O)(=O)O)c(S(=O)(=O)O)c(S(=O)(=O)O)c2c1. The molecule has 0 saturated carbocycles. The number of hydrogen-bond acceptors (Lipinski definition) is 11. The molecule has 0 aliphatic rings. The van der Waals surface area contributed by atoms with Gasteiger partial charge in [-0.15, -0.1) is 0 Å². The smallest absolute Gasteiger partial charge is 0.299 e. The van der Waals surface area contributed by atoms with Crippen LogP contribution in [0.5, 0.6) is 5.75 Å². The van der Waals surface area contributed by atoms with Gasteiger partial charge >= 0.3 is 0 Å². The van der Waals surface area contributed by atoms with Crippen LogP contribution in [0.1, 0.15) is 0 Å². The van der Waals surface area contributed by atoms with Gasteiger partial charge in [0.25, 0.3) is 50.6 Å². The molecule has 2 aromatic rings. The topological polar surface area (TPSA) is 292 Å². The molecule has 2 rings (SSSR count). The van der Waals surface area contributed by atoms with Crippen molar-refractivity contribution in [3.63, 3.8) is 0 Å². The van der Waals surface area contributed by atoms with Crippen molar-refractivity contribution in [2.45, 2.75) is 24.5 Å². The second kappa shape index (κ2) is 7.03. The highest BCUT2D eigenvalue weighted by Crippen LogP contribution is 2.45. The molecule has 0 amide bonds. The Labute approximate surface area is 173 Å². The van der Waals surface area contributed by atoms with E-state index >= 15 is 0 Å². The number of phenolic OH excluding ortho intramolecular Hbond substituents is 1. The third-order valence-corrected chi connectivity index (χ3v) is 8.06. The van der Waals surface area contributed by atoms with Gasteiger partial charge in [0.05, 0.1) is 0 Å². The lowest BCUT2D eigenvalue weighted by Gasteiger charge is -2.17. The number of hydrogen-bond donors (Lipinski definition) is 6. The van der Waals surface area contributed by atoms with E-state index in [9.17, 15) is 65.4 Å². The van der Waals surface area contributed by atoms with Gasteiger partial charge in [-0.3, -0.25) is 22.8 Å². The van der Waals surface area contributed by atoms with Crippen molar-refractivity contribution >= 4 is 61.4 Å². The molecule has 6 N–H and O–H groups in total. The summed E-state index contributed by atoms with van der Waals surface area (Å²) in [5.74, 6) is -2.12. The minimum Gasteiger partial charge on any atom is -0.506 e. The van der Waals surface area contributed by atoms with Crippen LogP contribution < -0.4 is 0 Å². The molecular weight excluding hydrogens is 536 g/mol. The molecule has 16 nitrogen and oxygen atoms in total. The maximum atomic E-state index is 11.8. The summed E-state index contributed by atoms with van der Waals surface area (Å²) >= 11 is 0. The summed E-state index contributed by atoms with van der Waals surface area (Å²) < 4.78 is 163. The molecule has 0 aromatic heterocycles. The van der Waals surface area contributed by atoms with E-state index < -0.39 is 91.6 Å². The normalized spacial score (nSPS) is 14.1. The van der Waals surface area contributed by atoms with Gasteiger partial charge in [0, 0.05) is 16.8 Å². The zero-order valence-corrected chi connectivity index (χ0v) is 18.0. The summed E-state index contributed by atoms with van der Waals surface area (Å²) in [4.78, 5) is -10.6. The molecule has 21 heteroatoms. The molecule has 0 spiro atoms. The Morgan fingerprint density at radius 3 is 1.32 bits per heavy atom. The minimum absolute atomic E-state index is 0.0926. The van der Waals surface area contributed by atoms with Crippen molar-refractivity contribution < 1.29 is 70.0 Å². The van der Waals surface area contributed by atoms with Crippen LogP contribution in [-0.2, 0) is 50.6 Å². The van der Waals surface area contributed by atoms with Gasteiger partial charge in [0.1, 0.15) is 25.3 Å². The number of aromatic hydroxyl groups is 1. The zero-order valence-electron chi connectivity index (χ0n) is 13.9. The standard InChI is InChI=1S/C10H7O16S5/c11-7-6-4(1-3(27(12,13)14)2-5(6)28(15,16)17)8(29(18,19)20)10(31(24,25)26)9(7)30(21,22)23/h1,11H,(H,12,13,14)(H,15,16,17)(H,18,19,20)(H,21,22,23)(H,24,25,26). The van der Waals surface area contributed by atoms with E-state index in [0.717, 1.165) is 0 Å². The summed E-state index contributed by atoms with van der Waals surface area (Å²) in [5.41, 5.74) is 0. The summed E-state index contributed by atoms with van der Waals surface area (Å²) in [6.45, 7) is 0. The molecule has 0 aliphatic heterocycles. The lowest BCUT2D eigenvalue weighted by Crippen LogP contribution is -2.17. The second-order valence-corrected chi connectivity index (χ2v) is 12.3. The van der Waals surface area contributed by atoms with E-state index in [1.807, 2.05) is 0 Å². The molecule has 0 unspecified atom stereocenters. The Balaban J connectivity index is 3.70. The molecule has 31 heavy (non-hydrogen) atoms. The highest BCUT2D eigenvalue weighted by Gasteiger charge is 2.40. The fraction of sp³-hybridized carbons (Fsp3) is 0. The zero-order chi connectivity index (χ0) is 24.5. The predicted molar refractivity (Wildman–Crippen MR) is 93.5 cm³/mol. The summed E-state index contributed by atoms with van der Waals surface area (Å²) in [6.07, 6.45) is 0. The first-order valence-electron chi connectivity index (χ1n) is 6.65. The largest absolute Gasteiger partial charge is 0.506 e. The highest BCUT2D eigenvalue weighted by molar-refractivity contribution is 7.91. The van der Waals surface area contributed by atoms with Gasteiger partial charge in [-0.1, -0.05) is 0 Å². The van der Waals surface area contributed by atoms with Crippen LogP contribution in [0.15, 0.2) is 30.5 Å². The van der Waals surface area contributed by atoms with Crippen molar-refractivity contribution in [1.29, 1.82) is 0 Å². The monoisotopic (exact) mass is 543 g/mol. The molecule has 0 fully saturated rings. The number of rotatable bonds is 5. The van der Waals surface area contributed by atoms with Crippen LogP contribution in [0.25, 0.3) is 10.8 Å². The fourth-order valence-electron chi connectivity index (χ4n) is 2.46. The lowest BCUT2D eigenvalue weighted by atomic mass is 10.1. The van der Waals surface area contributed by atoms with Crippen LogP contribution >= 0.6 is 0 Å². The quantitative estimate of drug-likeness (QED) is 0.236. The van der Waals surface area contributed by atoms with E-state index in [-0.39, 0.29) is 6.07 Å². The first-order chi connectivity index (χ1) is 13.5. The van der Waals surface area contributed by atoms with E-state index in [2.05, 4.69) is 0 Å². The van der Waals surface area contributed by atoms with Gasteiger partial charge in [0.2, 0.25) is 0 Å². The molecular formula is C10H7O16S5. The Hall–Kier alpha value is -1.95. The van der Waals surface area contributed by atoms with Gasteiger partial charge in [0.15, 0.2) is 4.90 Å². The van der Waals surface area contributed by atoms with Gasteiger partial charge in [-0.05, 0) is 6.07 Å². The summed E-state index contributed by atoms with van der Waals surface area (Å²) in [7, 11) is -29.5. The third-order valence-electron chi connectivity index (χ3n) is 3.43. The van der Waals surface area contributed by atoms with E-state index in [1.165, 1.54) is 6.07 Å². The van der Waals surface area contributed by atoms with Gasteiger partial charge < -0.3 is 5.11 Å². The molecule has 173 valence electrons. The van der Waals surface area contributed by atoms with Crippen LogP contribution in [0.4, 0.5) is 0 Å². The predicted octanol–water partition coefficient (Wildman–Crippen LogP) is -1.42.